The Morgan fingerprint density at radius 1 is 1.33 bits per heavy atom. The first-order chi connectivity index (χ1) is 8.56. The van der Waals surface area contributed by atoms with Crippen molar-refractivity contribution in [1.82, 2.24) is 5.32 Å². The monoisotopic (exact) mass is 268 g/mol. The van der Waals surface area contributed by atoms with Gasteiger partial charge in [-0.1, -0.05) is 38.4 Å². The smallest absolute Gasteiger partial charge is 0.0471 e. The molecule has 0 atom stereocenters. The second kappa shape index (κ2) is 7.65. The van der Waals surface area contributed by atoms with E-state index in [0.29, 0.717) is 0 Å². The Balaban J connectivity index is 2.82. The van der Waals surface area contributed by atoms with E-state index in [9.17, 15) is 0 Å². The van der Waals surface area contributed by atoms with Crippen LogP contribution in [0.3, 0.4) is 0 Å². The zero-order chi connectivity index (χ0) is 13.5. The first-order valence-corrected chi connectivity index (χ1v) is 7.13. The first-order valence-electron chi connectivity index (χ1n) is 6.75. The molecule has 1 aromatic rings. The lowest BCUT2D eigenvalue weighted by atomic mass is 10.1. The molecule has 3 heteroatoms. The van der Waals surface area contributed by atoms with Crippen LogP contribution < -0.4 is 10.2 Å². The number of hydrogen-bond donors (Lipinski definition) is 1. The zero-order valence-corrected chi connectivity index (χ0v) is 12.7. The van der Waals surface area contributed by atoms with E-state index in [4.69, 9.17) is 11.6 Å². The molecule has 2 nitrogen and oxygen atoms in total. The van der Waals surface area contributed by atoms with Crippen LogP contribution >= 0.6 is 11.6 Å². The molecule has 0 saturated carbocycles. The molecular weight excluding hydrogens is 244 g/mol. The largest absolute Gasteiger partial charge is 0.374 e. The number of hydrogen-bond acceptors (Lipinski definition) is 2. The molecule has 18 heavy (non-hydrogen) atoms. The van der Waals surface area contributed by atoms with Gasteiger partial charge in [0.1, 0.15) is 0 Å². The molecule has 0 bridgehead atoms. The lowest BCUT2D eigenvalue weighted by Crippen LogP contribution is -2.23. The van der Waals surface area contributed by atoms with Crippen LogP contribution in [0.15, 0.2) is 18.2 Å². The van der Waals surface area contributed by atoms with Crippen molar-refractivity contribution in [2.75, 3.05) is 25.0 Å². The number of nitrogens with zero attached hydrogens (tertiary/aromatic N) is 1. The predicted octanol–water partition coefficient (Wildman–Crippen LogP) is 3.93. The summed E-state index contributed by atoms with van der Waals surface area (Å²) in [6.07, 6.45) is 1.20. The second-order valence-electron chi connectivity index (χ2n) is 5.12. The minimum absolute atomic E-state index is 0.726. The van der Waals surface area contributed by atoms with Gasteiger partial charge in [-0.3, -0.25) is 0 Å². The summed E-state index contributed by atoms with van der Waals surface area (Å²) >= 11 is 6.31. The summed E-state index contributed by atoms with van der Waals surface area (Å²) in [6, 6.07) is 6.14. The van der Waals surface area contributed by atoms with Gasteiger partial charge in [-0.15, -0.1) is 0 Å². The Hall–Kier alpha value is -0.730. The molecule has 102 valence electrons. The van der Waals surface area contributed by atoms with Gasteiger partial charge < -0.3 is 10.2 Å². The minimum Gasteiger partial charge on any atom is -0.374 e. The number of rotatable bonds is 7. The molecule has 1 aromatic carbocycles. The molecule has 0 aliphatic heterocycles. The molecule has 0 amide bonds. The van der Waals surface area contributed by atoms with Gasteiger partial charge in [0.25, 0.3) is 0 Å². The third-order valence-electron chi connectivity index (χ3n) is 3.10. The molecule has 0 radical (unpaired) electrons. The number of benzene rings is 1. The van der Waals surface area contributed by atoms with Crippen molar-refractivity contribution < 1.29 is 0 Å². The first kappa shape index (κ1) is 15.3. The topological polar surface area (TPSA) is 15.3 Å². The minimum atomic E-state index is 0.726. The molecule has 0 fully saturated rings. The maximum Gasteiger partial charge on any atom is 0.0471 e. The van der Waals surface area contributed by atoms with E-state index in [1.165, 1.54) is 17.7 Å². The van der Waals surface area contributed by atoms with E-state index in [1.807, 2.05) is 12.1 Å². The van der Waals surface area contributed by atoms with E-state index in [0.717, 1.165) is 30.6 Å². The lowest BCUT2D eigenvalue weighted by Gasteiger charge is -2.24. The fourth-order valence-corrected chi connectivity index (χ4v) is 2.14. The molecule has 0 aliphatic carbocycles. The van der Waals surface area contributed by atoms with Crippen molar-refractivity contribution >= 4 is 17.3 Å². The van der Waals surface area contributed by atoms with Crippen molar-refractivity contribution in [3.8, 4) is 0 Å². The predicted molar refractivity (Wildman–Crippen MR) is 81.6 cm³/mol. The zero-order valence-electron chi connectivity index (χ0n) is 12.0. The summed E-state index contributed by atoms with van der Waals surface area (Å²) in [5.41, 5.74) is 2.44. The van der Waals surface area contributed by atoms with Crippen LogP contribution in [-0.4, -0.2) is 20.1 Å². The Morgan fingerprint density at radius 2 is 2.06 bits per heavy atom. The molecule has 0 unspecified atom stereocenters. The SMILES string of the molecule is CCNCc1c(Cl)cccc1N(C)CCC(C)C. The van der Waals surface area contributed by atoms with E-state index < -0.39 is 0 Å². The number of anilines is 1. The molecule has 0 aromatic heterocycles. The van der Waals surface area contributed by atoms with Gasteiger partial charge in [-0.25, -0.2) is 0 Å². The van der Waals surface area contributed by atoms with Crippen molar-refractivity contribution in [2.45, 2.75) is 33.7 Å². The standard InChI is InChI=1S/C15H25ClN2/c1-5-17-11-13-14(16)7-6-8-15(13)18(4)10-9-12(2)3/h6-8,12,17H,5,9-11H2,1-4H3. The van der Waals surface area contributed by atoms with Crippen LogP contribution in [0.25, 0.3) is 0 Å². The van der Waals surface area contributed by atoms with Gasteiger partial charge >= 0.3 is 0 Å². The second-order valence-corrected chi connectivity index (χ2v) is 5.53. The van der Waals surface area contributed by atoms with Crippen molar-refractivity contribution in [2.24, 2.45) is 5.92 Å². The molecule has 1 rings (SSSR count). The van der Waals surface area contributed by atoms with Crippen molar-refractivity contribution in [1.29, 1.82) is 0 Å². The quantitative estimate of drug-likeness (QED) is 0.806. The van der Waals surface area contributed by atoms with Crippen LogP contribution in [-0.2, 0) is 6.54 Å². The molecule has 0 aliphatic rings. The van der Waals surface area contributed by atoms with Crippen LogP contribution in [0.5, 0.6) is 0 Å². The van der Waals surface area contributed by atoms with E-state index in [-0.39, 0.29) is 0 Å². The Labute approximate surface area is 116 Å². The highest BCUT2D eigenvalue weighted by molar-refractivity contribution is 6.31. The average Bonchev–Trinajstić information content (AvgIpc) is 2.34. The van der Waals surface area contributed by atoms with Gasteiger partial charge in [0, 0.05) is 36.4 Å². The summed E-state index contributed by atoms with van der Waals surface area (Å²) in [5.74, 6) is 0.726. The number of nitrogens with one attached hydrogen (secondary N) is 1. The lowest BCUT2D eigenvalue weighted by molar-refractivity contribution is 0.584. The number of halogens is 1. The Kier molecular flexibility index (Phi) is 6.51. The Bertz CT molecular complexity index is 364. The highest BCUT2D eigenvalue weighted by atomic mass is 35.5. The van der Waals surface area contributed by atoms with Crippen LogP contribution in [0.1, 0.15) is 32.8 Å². The summed E-state index contributed by atoms with van der Waals surface area (Å²) in [5, 5.41) is 4.21. The summed E-state index contributed by atoms with van der Waals surface area (Å²) in [6.45, 7) is 9.48. The van der Waals surface area contributed by atoms with E-state index in [1.54, 1.807) is 0 Å². The molecule has 1 N–H and O–H groups in total. The molecule has 0 saturated heterocycles. The Morgan fingerprint density at radius 3 is 2.67 bits per heavy atom. The normalized spacial score (nSPS) is 11.0. The van der Waals surface area contributed by atoms with Gasteiger partial charge in [0.15, 0.2) is 0 Å². The fraction of sp³-hybridized carbons (Fsp3) is 0.600. The molecule has 0 heterocycles. The molecular formula is C15H25ClN2. The van der Waals surface area contributed by atoms with E-state index >= 15 is 0 Å². The van der Waals surface area contributed by atoms with Gasteiger partial charge in [-0.2, -0.15) is 0 Å². The van der Waals surface area contributed by atoms with Crippen molar-refractivity contribution in [3.63, 3.8) is 0 Å². The van der Waals surface area contributed by atoms with Gasteiger partial charge in [-0.05, 0) is 31.0 Å². The van der Waals surface area contributed by atoms with Crippen LogP contribution in [0.2, 0.25) is 5.02 Å². The maximum atomic E-state index is 6.31. The molecule has 0 spiro atoms. The maximum absolute atomic E-state index is 6.31. The highest BCUT2D eigenvalue weighted by Crippen LogP contribution is 2.27. The highest BCUT2D eigenvalue weighted by Gasteiger charge is 2.10. The van der Waals surface area contributed by atoms with Crippen molar-refractivity contribution in [3.05, 3.63) is 28.8 Å². The van der Waals surface area contributed by atoms with Crippen LogP contribution in [0, 0.1) is 5.92 Å². The van der Waals surface area contributed by atoms with Crippen LogP contribution in [0.4, 0.5) is 5.69 Å². The summed E-state index contributed by atoms with van der Waals surface area (Å²) < 4.78 is 0. The fourth-order valence-electron chi connectivity index (χ4n) is 1.90. The van der Waals surface area contributed by atoms with E-state index in [2.05, 4.69) is 44.1 Å². The summed E-state index contributed by atoms with van der Waals surface area (Å²) in [7, 11) is 2.14. The van der Waals surface area contributed by atoms with Gasteiger partial charge in [0.05, 0.1) is 0 Å². The third-order valence-corrected chi connectivity index (χ3v) is 3.45. The third kappa shape index (κ3) is 4.51. The average molecular weight is 269 g/mol. The van der Waals surface area contributed by atoms with Gasteiger partial charge in [0.2, 0.25) is 0 Å². The summed E-state index contributed by atoms with van der Waals surface area (Å²) in [4.78, 5) is 2.30.